The minimum atomic E-state index is -0.0630. The van der Waals surface area contributed by atoms with E-state index in [-0.39, 0.29) is 5.91 Å². The first-order valence-corrected chi connectivity index (χ1v) is 7.20. The highest BCUT2D eigenvalue weighted by molar-refractivity contribution is 6.10. The van der Waals surface area contributed by atoms with Gasteiger partial charge in [0.1, 0.15) is 0 Å². The van der Waals surface area contributed by atoms with Gasteiger partial charge in [-0.25, -0.2) is 5.48 Å². The fourth-order valence-electron chi connectivity index (χ4n) is 2.75. The lowest BCUT2D eigenvalue weighted by Gasteiger charge is -2.17. The molecule has 120 valence electrons. The van der Waals surface area contributed by atoms with Crippen molar-refractivity contribution in [3.8, 4) is 11.5 Å². The van der Waals surface area contributed by atoms with Crippen molar-refractivity contribution in [1.82, 2.24) is 5.48 Å². The minimum absolute atomic E-state index is 0.0630. The molecule has 2 N–H and O–H groups in total. The summed E-state index contributed by atoms with van der Waals surface area (Å²) in [5.41, 5.74) is 5.34. The molecule has 0 atom stereocenters. The number of anilines is 1. The van der Waals surface area contributed by atoms with Gasteiger partial charge in [-0.05, 0) is 29.3 Å². The third-order valence-corrected chi connectivity index (χ3v) is 3.94. The molecule has 23 heavy (non-hydrogen) atoms. The van der Waals surface area contributed by atoms with Crippen LogP contribution in [0.1, 0.15) is 21.5 Å². The van der Waals surface area contributed by atoms with Crippen molar-refractivity contribution in [2.24, 2.45) is 0 Å². The summed E-state index contributed by atoms with van der Waals surface area (Å²) in [6.45, 7) is 0.813. The quantitative estimate of drug-likeness (QED) is 0.829. The first-order valence-electron chi connectivity index (χ1n) is 7.20. The number of hydroxylamine groups is 1. The van der Waals surface area contributed by atoms with Crippen LogP contribution in [0.3, 0.4) is 0 Å². The Morgan fingerprint density at radius 1 is 1.13 bits per heavy atom. The fraction of sp³-hybridized carbons (Fsp3) is 0.235. The summed E-state index contributed by atoms with van der Waals surface area (Å²) in [6, 6.07) is 11.0. The van der Waals surface area contributed by atoms with E-state index in [1.807, 2.05) is 24.3 Å². The SMILES string of the molecule is COc1ccc(N2Cc3ccc(CNO)cc3C2=O)cc1OC. The molecule has 0 unspecified atom stereocenters. The summed E-state index contributed by atoms with van der Waals surface area (Å²) in [4.78, 5) is 14.4. The second kappa shape index (κ2) is 6.28. The molecule has 1 aliphatic rings. The molecule has 6 heteroatoms. The predicted octanol–water partition coefficient (Wildman–Crippen LogP) is 2.34. The van der Waals surface area contributed by atoms with Gasteiger partial charge >= 0.3 is 0 Å². The number of methoxy groups -OCH3 is 2. The van der Waals surface area contributed by atoms with E-state index in [0.29, 0.717) is 30.2 Å². The number of rotatable bonds is 5. The second-order valence-corrected chi connectivity index (χ2v) is 5.26. The summed E-state index contributed by atoms with van der Waals surface area (Å²) in [5.74, 6) is 1.14. The van der Waals surface area contributed by atoms with Crippen LogP contribution < -0.4 is 19.9 Å². The number of amides is 1. The first-order chi connectivity index (χ1) is 11.2. The zero-order chi connectivity index (χ0) is 16.4. The average molecular weight is 314 g/mol. The van der Waals surface area contributed by atoms with Crippen LogP contribution >= 0.6 is 0 Å². The van der Waals surface area contributed by atoms with Crippen LogP contribution in [0.25, 0.3) is 0 Å². The maximum Gasteiger partial charge on any atom is 0.258 e. The van der Waals surface area contributed by atoms with Crippen LogP contribution in [-0.2, 0) is 13.1 Å². The van der Waals surface area contributed by atoms with Crippen LogP contribution in [0.4, 0.5) is 5.69 Å². The maximum atomic E-state index is 12.7. The largest absolute Gasteiger partial charge is 0.493 e. The van der Waals surface area contributed by atoms with Crippen molar-refractivity contribution in [1.29, 1.82) is 0 Å². The highest BCUT2D eigenvalue weighted by Gasteiger charge is 2.29. The zero-order valence-electron chi connectivity index (χ0n) is 13.0. The number of carbonyl (C=O) groups is 1. The van der Waals surface area contributed by atoms with E-state index >= 15 is 0 Å². The molecule has 6 nitrogen and oxygen atoms in total. The number of benzene rings is 2. The third kappa shape index (κ3) is 2.74. The Hall–Kier alpha value is -2.57. The Morgan fingerprint density at radius 3 is 2.61 bits per heavy atom. The number of hydrogen-bond donors (Lipinski definition) is 2. The molecular weight excluding hydrogens is 296 g/mol. The van der Waals surface area contributed by atoms with Gasteiger partial charge in [0.25, 0.3) is 5.91 Å². The Morgan fingerprint density at radius 2 is 1.91 bits per heavy atom. The van der Waals surface area contributed by atoms with Crippen LogP contribution in [0.2, 0.25) is 0 Å². The smallest absolute Gasteiger partial charge is 0.258 e. The summed E-state index contributed by atoms with van der Waals surface area (Å²) in [7, 11) is 3.14. The molecule has 2 aromatic rings. The number of fused-ring (bicyclic) bond motifs is 1. The average Bonchev–Trinajstić information content (AvgIpc) is 2.91. The van der Waals surface area contributed by atoms with Gasteiger partial charge in [0.05, 0.1) is 20.8 Å². The molecule has 0 bridgehead atoms. The van der Waals surface area contributed by atoms with E-state index in [9.17, 15) is 4.79 Å². The van der Waals surface area contributed by atoms with E-state index in [4.69, 9.17) is 14.7 Å². The summed E-state index contributed by atoms with van der Waals surface area (Å²) in [5, 5.41) is 8.80. The van der Waals surface area contributed by atoms with Crippen LogP contribution in [0.5, 0.6) is 11.5 Å². The highest BCUT2D eigenvalue weighted by atomic mass is 16.5. The summed E-state index contributed by atoms with van der Waals surface area (Å²) < 4.78 is 10.5. The van der Waals surface area contributed by atoms with Crippen molar-refractivity contribution in [3.63, 3.8) is 0 Å². The molecule has 1 aliphatic heterocycles. The zero-order valence-corrected chi connectivity index (χ0v) is 13.0. The highest BCUT2D eigenvalue weighted by Crippen LogP contribution is 2.35. The van der Waals surface area contributed by atoms with Gasteiger partial charge < -0.3 is 19.6 Å². The monoisotopic (exact) mass is 314 g/mol. The summed E-state index contributed by atoms with van der Waals surface area (Å²) >= 11 is 0. The van der Waals surface area contributed by atoms with Gasteiger partial charge in [-0.1, -0.05) is 12.1 Å². The Labute approximate surface area is 134 Å². The molecule has 0 radical (unpaired) electrons. The van der Waals surface area contributed by atoms with Gasteiger partial charge in [-0.15, -0.1) is 0 Å². The predicted molar refractivity (Wildman–Crippen MR) is 85.1 cm³/mol. The molecule has 0 fully saturated rings. The third-order valence-electron chi connectivity index (χ3n) is 3.94. The van der Waals surface area contributed by atoms with E-state index in [1.54, 1.807) is 31.3 Å². The Bertz CT molecular complexity index is 745. The van der Waals surface area contributed by atoms with Crippen LogP contribution in [0.15, 0.2) is 36.4 Å². The van der Waals surface area contributed by atoms with Gasteiger partial charge in [0.15, 0.2) is 11.5 Å². The number of nitrogens with zero attached hydrogens (tertiary/aromatic N) is 1. The van der Waals surface area contributed by atoms with Gasteiger partial charge in [0, 0.05) is 23.9 Å². The van der Waals surface area contributed by atoms with E-state index in [2.05, 4.69) is 5.48 Å². The maximum absolute atomic E-state index is 12.7. The first kappa shape index (κ1) is 15.3. The number of ether oxygens (including phenoxy) is 2. The molecule has 0 saturated carbocycles. The number of nitrogens with one attached hydrogen (secondary N) is 1. The van der Waals surface area contributed by atoms with E-state index in [0.717, 1.165) is 16.8 Å². The normalized spacial score (nSPS) is 13.2. The van der Waals surface area contributed by atoms with Gasteiger partial charge in [-0.2, -0.15) is 0 Å². The number of carbonyl (C=O) groups excluding carboxylic acids is 1. The topological polar surface area (TPSA) is 71.0 Å². The lowest BCUT2D eigenvalue weighted by Crippen LogP contribution is -2.23. The van der Waals surface area contributed by atoms with Crippen molar-refractivity contribution in [2.75, 3.05) is 19.1 Å². The molecule has 1 amide bonds. The molecule has 0 aromatic heterocycles. The van der Waals surface area contributed by atoms with Gasteiger partial charge in [0.2, 0.25) is 0 Å². The van der Waals surface area contributed by atoms with Crippen molar-refractivity contribution in [2.45, 2.75) is 13.1 Å². The van der Waals surface area contributed by atoms with Crippen molar-refractivity contribution < 1.29 is 19.5 Å². The number of hydrogen-bond acceptors (Lipinski definition) is 5. The Kier molecular flexibility index (Phi) is 4.18. The molecule has 0 aliphatic carbocycles. The molecule has 3 rings (SSSR count). The molecule has 2 aromatic carbocycles. The van der Waals surface area contributed by atoms with E-state index in [1.165, 1.54) is 0 Å². The van der Waals surface area contributed by atoms with Crippen molar-refractivity contribution in [3.05, 3.63) is 53.1 Å². The summed E-state index contributed by atoms with van der Waals surface area (Å²) in [6.07, 6.45) is 0. The molecule has 1 heterocycles. The molecule has 0 spiro atoms. The van der Waals surface area contributed by atoms with Crippen molar-refractivity contribution >= 4 is 11.6 Å². The van der Waals surface area contributed by atoms with Crippen LogP contribution in [-0.4, -0.2) is 25.3 Å². The van der Waals surface area contributed by atoms with Crippen LogP contribution in [0, 0.1) is 0 Å². The lowest BCUT2D eigenvalue weighted by molar-refractivity contribution is 0.0996. The molecular formula is C17H18N2O4. The minimum Gasteiger partial charge on any atom is -0.493 e. The standard InChI is InChI=1S/C17H18N2O4/c1-22-15-6-5-13(8-16(15)23-2)19-10-12-4-3-11(9-18-21)7-14(12)17(19)20/h3-8,18,21H,9-10H2,1-2H3. The molecule has 0 saturated heterocycles. The second-order valence-electron chi connectivity index (χ2n) is 5.26. The lowest BCUT2D eigenvalue weighted by atomic mass is 10.1. The van der Waals surface area contributed by atoms with Gasteiger partial charge in [-0.3, -0.25) is 4.79 Å². The Balaban J connectivity index is 1.92. The fourth-order valence-corrected chi connectivity index (χ4v) is 2.75. The van der Waals surface area contributed by atoms with E-state index < -0.39 is 0 Å².